The van der Waals surface area contributed by atoms with E-state index in [1.165, 1.54) is 0 Å². The third-order valence-electron chi connectivity index (χ3n) is 3.99. The molecule has 1 N–H and O–H groups in total. The molecular weight excluding hydrogens is 360 g/mol. The van der Waals surface area contributed by atoms with Crippen LogP contribution in [-0.2, 0) is 30.7 Å². The minimum atomic E-state index is 0.0206. The number of nitrogens with zero attached hydrogens (tertiary/aromatic N) is 3. The molecule has 0 spiro atoms. The van der Waals surface area contributed by atoms with Crippen molar-refractivity contribution >= 4 is 21.8 Å². The third-order valence-corrected chi connectivity index (χ3v) is 4.61. The van der Waals surface area contributed by atoms with Gasteiger partial charge in [0.1, 0.15) is 11.6 Å². The van der Waals surface area contributed by atoms with E-state index < -0.39 is 0 Å². The van der Waals surface area contributed by atoms with Crippen LogP contribution in [0.1, 0.15) is 30.1 Å². The van der Waals surface area contributed by atoms with E-state index in [-0.39, 0.29) is 5.91 Å². The minimum absolute atomic E-state index is 0.0206. The van der Waals surface area contributed by atoms with Gasteiger partial charge in [0.2, 0.25) is 5.91 Å². The van der Waals surface area contributed by atoms with Crippen molar-refractivity contribution in [3.63, 3.8) is 0 Å². The first-order valence-corrected chi connectivity index (χ1v) is 8.46. The first-order valence-electron chi connectivity index (χ1n) is 7.67. The second-order valence-corrected chi connectivity index (χ2v) is 6.39. The van der Waals surface area contributed by atoms with E-state index in [0.717, 1.165) is 46.8 Å². The summed E-state index contributed by atoms with van der Waals surface area (Å²) < 4.78 is 8.20. The van der Waals surface area contributed by atoms with Crippen LogP contribution in [0.2, 0.25) is 0 Å². The van der Waals surface area contributed by atoms with Crippen molar-refractivity contribution in [3.05, 3.63) is 39.9 Å². The number of hydrogen-bond donors (Lipinski definition) is 1. The van der Waals surface area contributed by atoms with E-state index in [4.69, 9.17) is 4.74 Å². The number of carbonyl (C=O) groups excluding carboxylic acids is 1. The molecular formula is C16H19BrN4O2. The second kappa shape index (κ2) is 7.12. The Hall–Kier alpha value is -1.89. The summed E-state index contributed by atoms with van der Waals surface area (Å²) >= 11 is 3.46. The monoisotopic (exact) mass is 378 g/mol. The van der Waals surface area contributed by atoms with Gasteiger partial charge in [0, 0.05) is 19.4 Å². The fourth-order valence-corrected chi connectivity index (χ4v) is 3.32. The molecule has 1 aliphatic heterocycles. The van der Waals surface area contributed by atoms with Crippen molar-refractivity contribution in [2.75, 3.05) is 7.11 Å². The second-order valence-electron chi connectivity index (χ2n) is 5.53. The maximum Gasteiger partial charge on any atom is 0.220 e. The number of rotatable bonds is 6. The summed E-state index contributed by atoms with van der Waals surface area (Å²) in [4.78, 5) is 12.0. The molecule has 1 aromatic heterocycles. The summed E-state index contributed by atoms with van der Waals surface area (Å²) in [5.74, 6) is 2.68. The molecule has 0 bridgehead atoms. The molecule has 0 fully saturated rings. The van der Waals surface area contributed by atoms with Crippen LogP contribution in [0.15, 0.2) is 22.7 Å². The van der Waals surface area contributed by atoms with Crippen LogP contribution in [0.5, 0.6) is 5.75 Å². The van der Waals surface area contributed by atoms with Gasteiger partial charge >= 0.3 is 0 Å². The van der Waals surface area contributed by atoms with E-state index in [2.05, 4.69) is 36.0 Å². The summed E-state index contributed by atoms with van der Waals surface area (Å²) in [6, 6.07) is 5.86. The molecule has 2 aromatic rings. The summed E-state index contributed by atoms with van der Waals surface area (Å²) in [7, 11) is 1.63. The number of hydrogen-bond acceptors (Lipinski definition) is 4. The van der Waals surface area contributed by atoms with Gasteiger partial charge in [-0.15, -0.1) is 10.2 Å². The first kappa shape index (κ1) is 16.0. The molecule has 1 aromatic carbocycles. The number of halogens is 1. The van der Waals surface area contributed by atoms with Crippen molar-refractivity contribution in [1.82, 2.24) is 20.1 Å². The Morgan fingerprint density at radius 3 is 3.09 bits per heavy atom. The van der Waals surface area contributed by atoms with Crippen molar-refractivity contribution in [2.24, 2.45) is 0 Å². The number of amides is 1. The molecule has 0 saturated heterocycles. The molecule has 1 aliphatic rings. The minimum Gasteiger partial charge on any atom is -0.496 e. The van der Waals surface area contributed by atoms with Crippen molar-refractivity contribution in [2.45, 2.75) is 38.8 Å². The van der Waals surface area contributed by atoms with Gasteiger partial charge in [0.05, 0.1) is 18.1 Å². The van der Waals surface area contributed by atoms with Gasteiger partial charge in [-0.05, 0) is 46.5 Å². The van der Waals surface area contributed by atoms with Gasteiger partial charge < -0.3 is 14.6 Å². The summed E-state index contributed by atoms with van der Waals surface area (Å²) in [5.41, 5.74) is 1.09. The van der Waals surface area contributed by atoms with Gasteiger partial charge in [-0.3, -0.25) is 4.79 Å². The molecule has 23 heavy (non-hydrogen) atoms. The molecule has 2 heterocycles. The van der Waals surface area contributed by atoms with Crippen LogP contribution < -0.4 is 10.1 Å². The number of fused-ring (bicyclic) bond motifs is 1. The normalized spacial score (nSPS) is 13.0. The molecule has 0 unspecified atom stereocenters. The van der Waals surface area contributed by atoms with Crippen LogP contribution in [0, 0.1) is 0 Å². The maximum absolute atomic E-state index is 12.0. The SMILES string of the molecule is COc1ccc(CCC(=O)NCc2nnc3n2CCC3)cc1Br. The Bertz CT molecular complexity index is 714. The highest BCUT2D eigenvalue weighted by atomic mass is 79.9. The zero-order valence-electron chi connectivity index (χ0n) is 13.0. The highest BCUT2D eigenvalue weighted by Gasteiger charge is 2.17. The van der Waals surface area contributed by atoms with Gasteiger partial charge in [-0.1, -0.05) is 6.07 Å². The smallest absolute Gasteiger partial charge is 0.220 e. The van der Waals surface area contributed by atoms with E-state index in [1.807, 2.05) is 18.2 Å². The Kier molecular flexibility index (Phi) is 4.95. The molecule has 0 radical (unpaired) electrons. The lowest BCUT2D eigenvalue weighted by molar-refractivity contribution is -0.121. The topological polar surface area (TPSA) is 69.0 Å². The van der Waals surface area contributed by atoms with Crippen molar-refractivity contribution < 1.29 is 9.53 Å². The Labute approximate surface area is 143 Å². The average Bonchev–Trinajstić information content (AvgIpc) is 3.15. The highest BCUT2D eigenvalue weighted by Crippen LogP contribution is 2.25. The number of carbonyl (C=O) groups is 1. The van der Waals surface area contributed by atoms with Crippen molar-refractivity contribution in [1.29, 1.82) is 0 Å². The van der Waals surface area contributed by atoms with Crippen LogP contribution in [0.3, 0.4) is 0 Å². The molecule has 122 valence electrons. The Morgan fingerprint density at radius 1 is 1.43 bits per heavy atom. The highest BCUT2D eigenvalue weighted by molar-refractivity contribution is 9.10. The maximum atomic E-state index is 12.0. The summed E-state index contributed by atoms with van der Waals surface area (Å²) in [5, 5.41) is 11.2. The third kappa shape index (κ3) is 3.72. The predicted octanol–water partition coefficient (Wildman–Crippen LogP) is 2.24. The van der Waals surface area contributed by atoms with Crippen LogP contribution in [-0.4, -0.2) is 27.8 Å². The largest absolute Gasteiger partial charge is 0.496 e. The van der Waals surface area contributed by atoms with Crippen molar-refractivity contribution in [3.8, 4) is 5.75 Å². The average molecular weight is 379 g/mol. The standard InChI is InChI=1S/C16H19BrN4O2/c1-23-13-6-4-11(9-12(13)17)5-7-16(22)18-10-15-20-19-14-3-2-8-21(14)15/h4,6,9H,2-3,5,7-8,10H2,1H3,(H,18,22). The lowest BCUT2D eigenvalue weighted by Gasteiger charge is -2.07. The molecule has 0 saturated carbocycles. The van der Waals surface area contributed by atoms with E-state index in [9.17, 15) is 4.79 Å². The summed E-state index contributed by atoms with van der Waals surface area (Å²) in [6.45, 7) is 1.39. The van der Waals surface area contributed by atoms with E-state index >= 15 is 0 Å². The number of aromatic nitrogens is 3. The van der Waals surface area contributed by atoms with E-state index in [1.54, 1.807) is 7.11 Å². The Morgan fingerprint density at radius 2 is 2.30 bits per heavy atom. The van der Waals surface area contributed by atoms with Gasteiger partial charge in [-0.25, -0.2) is 0 Å². The number of nitrogens with one attached hydrogen (secondary N) is 1. The fourth-order valence-electron chi connectivity index (χ4n) is 2.73. The lowest BCUT2D eigenvalue weighted by atomic mass is 10.1. The molecule has 1 amide bonds. The van der Waals surface area contributed by atoms with Crippen LogP contribution >= 0.6 is 15.9 Å². The number of benzene rings is 1. The quantitative estimate of drug-likeness (QED) is 0.836. The molecule has 0 aliphatic carbocycles. The van der Waals surface area contributed by atoms with E-state index in [0.29, 0.717) is 19.4 Å². The van der Waals surface area contributed by atoms with Gasteiger partial charge in [0.25, 0.3) is 0 Å². The molecule has 6 nitrogen and oxygen atoms in total. The summed E-state index contributed by atoms with van der Waals surface area (Å²) in [6.07, 6.45) is 3.22. The zero-order chi connectivity index (χ0) is 16.2. The number of methoxy groups -OCH3 is 1. The predicted molar refractivity (Wildman–Crippen MR) is 89.2 cm³/mol. The number of ether oxygens (including phenoxy) is 1. The fraction of sp³-hybridized carbons (Fsp3) is 0.438. The first-order chi connectivity index (χ1) is 11.2. The molecule has 7 heteroatoms. The van der Waals surface area contributed by atoms with Gasteiger partial charge in [-0.2, -0.15) is 0 Å². The number of aryl methyl sites for hydroxylation is 2. The van der Waals surface area contributed by atoms with Crippen LogP contribution in [0.4, 0.5) is 0 Å². The molecule has 0 atom stereocenters. The zero-order valence-corrected chi connectivity index (χ0v) is 14.6. The molecule has 3 rings (SSSR count). The lowest BCUT2D eigenvalue weighted by Crippen LogP contribution is -2.24. The van der Waals surface area contributed by atoms with Crippen LogP contribution in [0.25, 0.3) is 0 Å². The van der Waals surface area contributed by atoms with Gasteiger partial charge in [0.15, 0.2) is 5.82 Å². The Balaban J connectivity index is 1.49.